The summed E-state index contributed by atoms with van der Waals surface area (Å²) in [5.74, 6) is 1.15. The molecule has 5 heteroatoms. The lowest BCUT2D eigenvalue weighted by atomic mass is 9.98. The van der Waals surface area contributed by atoms with Gasteiger partial charge in [-0.3, -0.25) is 0 Å². The summed E-state index contributed by atoms with van der Waals surface area (Å²) in [5, 5.41) is 3.38. The molecule has 1 unspecified atom stereocenters. The number of rotatable bonds is 9. The van der Waals surface area contributed by atoms with Crippen LogP contribution in [0.25, 0.3) is 0 Å². The van der Waals surface area contributed by atoms with E-state index in [0.717, 1.165) is 36.9 Å². The maximum Gasteiger partial charge on any atom is 0.154 e. The lowest BCUT2D eigenvalue weighted by Gasteiger charge is -2.18. The molecular weight excluding hydrogens is 254 g/mol. The van der Waals surface area contributed by atoms with Crippen LogP contribution in [0.5, 0.6) is 0 Å². The lowest BCUT2D eigenvalue weighted by molar-refractivity contribution is 0.128. The molecule has 0 radical (unpaired) electrons. The maximum absolute atomic E-state index is 5.37. The van der Waals surface area contributed by atoms with E-state index in [0.29, 0.717) is 19.1 Å². The van der Waals surface area contributed by atoms with Crippen molar-refractivity contribution in [3.8, 4) is 0 Å². The van der Waals surface area contributed by atoms with Gasteiger partial charge in [0.1, 0.15) is 6.61 Å². The van der Waals surface area contributed by atoms with Crippen LogP contribution in [0, 0.1) is 13.8 Å². The van der Waals surface area contributed by atoms with Crippen LogP contribution in [0.1, 0.15) is 42.5 Å². The van der Waals surface area contributed by atoms with Crippen molar-refractivity contribution in [3.63, 3.8) is 0 Å². The van der Waals surface area contributed by atoms with Crippen LogP contribution in [0.15, 0.2) is 0 Å². The average Bonchev–Trinajstić information content (AvgIpc) is 2.40. The van der Waals surface area contributed by atoms with Crippen molar-refractivity contribution >= 4 is 0 Å². The smallest absolute Gasteiger partial charge is 0.154 e. The highest BCUT2D eigenvalue weighted by Gasteiger charge is 2.14. The van der Waals surface area contributed by atoms with Crippen LogP contribution in [0.4, 0.5) is 0 Å². The van der Waals surface area contributed by atoms with Gasteiger partial charge in [-0.25, -0.2) is 9.97 Å². The van der Waals surface area contributed by atoms with Gasteiger partial charge in [0.25, 0.3) is 0 Å². The predicted molar refractivity (Wildman–Crippen MR) is 80.0 cm³/mol. The Morgan fingerprint density at radius 3 is 2.40 bits per heavy atom. The second kappa shape index (κ2) is 9.00. The van der Waals surface area contributed by atoms with Gasteiger partial charge >= 0.3 is 0 Å². The van der Waals surface area contributed by atoms with E-state index in [1.807, 2.05) is 20.8 Å². The Hall–Kier alpha value is -1.04. The number of methoxy groups -OCH3 is 1. The summed E-state index contributed by atoms with van der Waals surface area (Å²) in [6, 6.07) is 0. The second-order valence-corrected chi connectivity index (χ2v) is 4.96. The Bertz CT molecular complexity index is 387. The van der Waals surface area contributed by atoms with Crippen LogP contribution >= 0.6 is 0 Å². The molecule has 0 spiro atoms. The highest BCUT2D eigenvalue weighted by atomic mass is 16.5. The SMILES string of the molecule is CCOCc1nc(C)c(C(C)CNCCOC)c(C)n1. The first kappa shape index (κ1) is 17.0. The molecule has 0 amide bonds. The third-order valence-electron chi connectivity index (χ3n) is 3.23. The zero-order valence-electron chi connectivity index (χ0n) is 13.3. The van der Waals surface area contributed by atoms with Crippen LogP contribution in [0.2, 0.25) is 0 Å². The van der Waals surface area contributed by atoms with Crippen LogP contribution in [-0.4, -0.2) is 43.4 Å². The van der Waals surface area contributed by atoms with E-state index in [1.165, 1.54) is 5.56 Å². The summed E-state index contributed by atoms with van der Waals surface area (Å²) in [6.45, 7) is 11.9. The van der Waals surface area contributed by atoms with Crippen LogP contribution in [-0.2, 0) is 16.1 Å². The molecule has 0 aliphatic heterocycles. The van der Waals surface area contributed by atoms with Gasteiger partial charge in [0, 0.05) is 38.2 Å². The Balaban J connectivity index is 2.69. The highest BCUT2D eigenvalue weighted by molar-refractivity contribution is 5.28. The van der Waals surface area contributed by atoms with E-state index in [-0.39, 0.29) is 0 Å². The lowest BCUT2D eigenvalue weighted by Crippen LogP contribution is -2.25. The standard InChI is InChI=1S/C15H27N3O2/c1-6-20-10-14-17-12(3)15(13(4)18-14)11(2)9-16-7-8-19-5/h11,16H,6-10H2,1-5H3. The minimum absolute atomic E-state index is 0.382. The van der Waals surface area contributed by atoms with E-state index < -0.39 is 0 Å². The molecule has 1 rings (SSSR count). The summed E-state index contributed by atoms with van der Waals surface area (Å²) in [4.78, 5) is 9.10. The minimum Gasteiger partial charge on any atom is -0.383 e. The fraction of sp³-hybridized carbons (Fsp3) is 0.733. The molecule has 1 N–H and O–H groups in total. The third-order valence-corrected chi connectivity index (χ3v) is 3.23. The van der Waals surface area contributed by atoms with Crippen LogP contribution < -0.4 is 5.32 Å². The minimum atomic E-state index is 0.382. The largest absolute Gasteiger partial charge is 0.383 e. The molecule has 0 bridgehead atoms. The Labute approximate surface area is 122 Å². The molecule has 1 aromatic heterocycles. The summed E-state index contributed by atoms with van der Waals surface area (Å²) in [6.07, 6.45) is 0. The first-order valence-corrected chi connectivity index (χ1v) is 7.21. The Morgan fingerprint density at radius 1 is 1.20 bits per heavy atom. The molecule has 0 aliphatic rings. The molecule has 1 aromatic rings. The predicted octanol–water partition coefficient (Wildman–Crippen LogP) is 1.97. The topological polar surface area (TPSA) is 56.3 Å². The summed E-state index contributed by atoms with van der Waals surface area (Å²) in [5.41, 5.74) is 3.33. The zero-order valence-corrected chi connectivity index (χ0v) is 13.3. The summed E-state index contributed by atoms with van der Waals surface area (Å²) >= 11 is 0. The van der Waals surface area contributed by atoms with Gasteiger partial charge in [-0.15, -0.1) is 0 Å². The number of nitrogens with zero attached hydrogens (tertiary/aromatic N) is 2. The second-order valence-electron chi connectivity index (χ2n) is 4.96. The van der Waals surface area contributed by atoms with Gasteiger partial charge in [-0.2, -0.15) is 0 Å². The normalized spacial score (nSPS) is 12.7. The molecule has 0 fully saturated rings. The van der Waals surface area contributed by atoms with Crippen molar-refractivity contribution in [1.82, 2.24) is 15.3 Å². The van der Waals surface area contributed by atoms with Crippen molar-refractivity contribution in [3.05, 3.63) is 22.8 Å². The zero-order chi connectivity index (χ0) is 15.0. The van der Waals surface area contributed by atoms with Crippen molar-refractivity contribution in [2.45, 2.75) is 40.2 Å². The highest BCUT2D eigenvalue weighted by Crippen LogP contribution is 2.20. The fourth-order valence-electron chi connectivity index (χ4n) is 2.36. The van der Waals surface area contributed by atoms with Gasteiger partial charge in [-0.1, -0.05) is 6.92 Å². The fourth-order valence-corrected chi connectivity index (χ4v) is 2.36. The van der Waals surface area contributed by atoms with Crippen molar-refractivity contribution in [2.24, 2.45) is 0 Å². The number of hydrogen-bond donors (Lipinski definition) is 1. The molecule has 0 aliphatic carbocycles. The molecule has 1 heterocycles. The van der Waals surface area contributed by atoms with Gasteiger partial charge < -0.3 is 14.8 Å². The van der Waals surface area contributed by atoms with E-state index >= 15 is 0 Å². The van der Waals surface area contributed by atoms with Crippen molar-refractivity contribution in [2.75, 3.05) is 33.4 Å². The van der Waals surface area contributed by atoms with E-state index in [2.05, 4.69) is 22.2 Å². The average molecular weight is 281 g/mol. The Morgan fingerprint density at radius 2 is 1.85 bits per heavy atom. The van der Waals surface area contributed by atoms with Crippen molar-refractivity contribution < 1.29 is 9.47 Å². The maximum atomic E-state index is 5.37. The van der Waals surface area contributed by atoms with Gasteiger partial charge in [0.05, 0.1) is 6.61 Å². The Kier molecular flexibility index (Phi) is 7.65. The number of nitrogens with one attached hydrogen (secondary N) is 1. The number of aromatic nitrogens is 2. The summed E-state index contributed by atoms with van der Waals surface area (Å²) in [7, 11) is 1.71. The monoisotopic (exact) mass is 281 g/mol. The number of hydrogen-bond acceptors (Lipinski definition) is 5. The molecule has 1 atom stereocenters. The first-order valence-electron chi connectivity index (χ1n) is 7.21. The molecule has 5 nitrogen and oxygen atoms in total. The van der Waals surface area contributed by atoms with Gasteiger partial charge in [0.2, 0.25) is 0 Å². The van der Waals surface area contributed by atoms with E-state index in [1.54, 1.807) is 7.11 Å². The molecule has 0 aromatic carbocycles. The molecular formula is C15H27N3O2. The van der Waals surface area contributed by atoms with E-state index in [4.69, 9.17) is 9.47 Å². The van der Waals surface area contributed by atoms with Crippen LogP contribution in [0.3, 0.4) is 0 Å². The molecule has 0 saturated heterocycles. The van der Waals surface area contributed by atoms with E-state index in [9.17, 15) is 0 Å². The first-order chi connectivity index (χ1) is 9.60. The molecule has 0 saturated carbocycles. The van der Waals surface area contributed by atoms with Gasteiger partial charge in [0.15, 0.2) is 5.82 Å². The van der Waals surface area contributed by atoms with Crippen molar-refractivity contribution in [1.29, 1.82) is 0 Å². The quantitative estimate of drug-likeness (QED) is 0.701. The third kappa shape index (κ3) is 5.15. The molecule has 114 valence electrons. The number of aryl methyl sites for hydroxylation is 2. The van der Waals surface area contributed by atoms with Gasteiger partial charge in [-0.05, 0) is 32.3 Å². The molecule has 20 heavy (non-hydrogen) atoms. The number of ether oxygens (including phenoxy) is 2. The summed E-state index contributed by atoms with van der Waals surface area (Å²) < 4.78 is 10.4.